The van der Waals surface area contributed by atoms with Crippen molar-refractivity contribution in [2.24, 2.45) is 4.99 Å². The van der Waals surface area contributed by atoms with Crippen molar-refractivity contribution in [3.05, 3.63) is 84.1 Å². The van der Waals surface area contributed by atoms with Crippen molar-refractivity contribution < 1.29 is 4.74 Å². The van der Waals surface area contributed by atoms with Gasteiger partial charge in [0.2, 0.25) is 0 Å². The number of rotatable bonds is 6. The summed E-state index contributed by atoms with van der Waals surface area (Å²) < 4.78 is 5.18. The Morgan fingerprint density at radius 3 is 2.32 bits per heavy atom. The maximum atomic E-state index is 5.18. The molecule has 3 rings (SSSR count). The summed E-state index contributed by atoms with van der Waals surface area (Å²) >= 11 is 0. The average molecular weight is 488 g/mol. The highest BCUT2D eigenvalue weighted by molar-refractivity contribution is 14.0. The molecule has 0 amide bonds. The Hall–Kier alpha value is -2.61. The molecule has 0 saturated heterocycles. The van der Waals surface area contributed by atoms with E-state index < -0.39 is 0 Å². The van der Waals surface area contributed by atoms with Crippen LogP contribution >= 0.6 is 24.0 Å². The van der Waals surface area contributed by atoms with E-state index in [0.717, 1.165) is 28.5 Å². The highest BCUT2D eigenvalue weighted by Gasteiger charge is 2.02. The first kappa shape index (κ1) is 21.7. The van der Waals surface area contributed by atoms with E-state index in [0.29, 0.717) is 13.1 Å². The number of pyridine rings is 1. The second-order valence-corrected chi connectivity index (χ2v) is 6.04. The first-order valence-corrected chi connectivity index (χ1v) is 8.86. The predicted molar refractivity (Wildman–Crippen MR) is 125 cm³/mol. The van der Waals surface area contributed by atoms with Crippen LogP contribution in [0.4, 0.5) is 0 Å². The number of aromatic nitrogens is 1. The van der Waals surface area contributed by atoms with Crippen LogP contribution in [0.2, 0.25) is 0 Å². The van der Waals surface area contributed by atoms with Crippen LogP contribution in [-0.4, -0.2) is 25.1 Å². The molecule has 0 unspecified atom stereocenters. The maximum Gasteiger partial charge on any atom is 0.191 e. The quantitative estimate of drug-likeness (QED) is 0.310. The lowest BCUT2D eigenvalue weighted by Gasteiger charge is -2.13. The molecule has 0 bridgehead atoms. The Balaban J connectivity index is 0.00000280. The van der Waals surface area contributed by atoms with Gasteiger partial charge in [0.15, 0.2) is 5.96 Å². The van der Waals surface area contributed by atoms with Crippen molar-refractivity contribution in [1.29, 1.82) is 0 Å². The number of aliphatic imine (C=N–C) groups is 1. The zero-order chi connectivity index (χ0) is 18.9. The third-order valence-corrected chi connectivity index (χ3v) is 4.19. The SMILES string of the molecule is CN=C(NCc1ccc(OC)cc1)NCc1cccc(-c2ccccn2)c1.I. The van der Waals surface area contributed by atoms with E-state index in [-0.39, 0.29) is 24.0 Å². The largest absolute Gasteiger partial charge is 0.497 e. The van der Waals surface area contributed by atoms with Gasteiger partial charge < -0.3 is 15.4 Å². The zero-order valence-electron chi connectivity index (χ0n) is 16.1. The predicted octanol–water partition coefficient (Wildman–Crippen LogP) is 4.24. The molecule has 1 aromatic heterocycles. The van der Waals surface area contributed by atoms with Gasteiger partial charge in [0, 0.05) is 31.9 Å². The molecule has 0 atom stereocenters. The number of ether oxygens (including phenoxy) is 1. The topological polar surface area (TPSA) is 58.5 Å². The van der Waals surface area contributed by atoms with E-state index in [4.69, 9.17) is 4.74 Å². The molecule has 0 aliphatic heterocycles. The number of hydrogen-bond donors (Lipinski definition) is 2. The number of benzene rings is 2. The normalized spacial score (nSPS) is 10.7. The van der Waals surface area contributed by atoms with E-state index in [9.17, 15) is 0 Å². The Bertz CT molecular complexity index is 883. The fraction of sp³-hybridized carbons (Fsp3) is 0.182. The number of halogens is 1. The summed E-state index contributed by atoms with van der Waals surface area (Å²) in [4.78, 5) is 8.70. The molecule has 0 radical (unpaired) electrons. The van der Waals surface area contributed by atoms with Crippen LogP contribution in [0, 0.1) is 0 Å². The van der Waals surface area contributed by atoms with Crippen molar-refractivity contribution in [2.75, 3.05) is 14.2 Å². The van der Waals surface area contributed by atoms with Gasteiger partial charge in [0.05, 0.1) is 12.8 Å². The van der Waals surface area contributed by atoms with E-state index in [1.807, 2.05) is 48.7 Å². The Kier molecular flexibility index (Phi) is 8.74. The Morgan fingerprint density at radius 2 is 1.68 bits per heavy atom. The van der Waals surface area contributed by atoms with Gasteiger partial charge in [0.1, 0.15) is 5.75 Å². The van der Waals surface area contributed by atoms with Crippen molar-refractivity contribution >= 4 is 29.9 Å². The molecule has 146 valence electrons. The van der Waals surface area contributed by atoms with Crippen LogP contribution in [0.3, 0.4) is 0 Å². The highest BCUT2D eigenvalue weighted by atomic mass is 127. The molecular weight excluding hydrogens is 463 g/mol. The van der Waals surface area contributed by atoms with Crippen LogP contribution in [0.5, 0.6) is 5.75 Å². The summed E-state index contributed by atoms with van der Waals surface area (Å²) in [6.07, 6.45) is 1.81. The van der Waals surface area contributed by atoms with Crippen LogP contribution in [0.25, 0.3) is 11.3 Å². The maximum absolute atomic E-state index is 5.18. The lowest BCUT2D eigenvalue weighted by Crippen LogP contribution is -2.36. The Morgan fingerprint density at radius 1 is 0.929 bits per heavy atom. The molecule has 0 aliphatic rings. The molecule has 6 heteroatoms. The number of methoxy groups -OCH3 is 1. The first-order chi connectivity index (χ1) is 13.3. The molecule has 1 heterocycles. The molecule has 5 nitrogen and oxygen atoms in total. The number of nitrogens with zero attached hydrogens (tertiary/aromatic N) is 2. The third-order valence-electron chi connectivity index (χ3n) is 4.19. The van der Waals surface area contributed by atoms with Crippen molar-refractivity contribution in [2.45, 2.75) is 13.1 Å². The highest BCUT2D eigenvalue weighted by Crippen LogP contribution is 2.17. The summed E-state index contributed by atoms with van der Waals surface area (Å²) in [6, 6.07) is 22.3. The zero-order valence-corrected chi connectivity index (χ0v) is 18.4. The summed E-state index contributed by atoms with van der Waals surface area (Å²) in [5.74, 6) is 1.61. The summed E-state index contributed by atoms with van der Waals surface area (Å²) in [6.45, 7) is 1.38. The molecule has 0 spiro atoms. The van der Waals surface area contributed by atoms with Gasteiger partial charge >= 0.3 is 0 Å². The van der Waals surface area contributed by atoms with E-state index in [2.05, 4.69) is 44.9 Å². The molecule has 2 N–H and O–H groups in total. The summed E-state index contributed by atoms with van der Waals surface area (Å²) in [5.41, 5.74) is 4.42. The minimum absolute atomic E-state index is 0. The molecule has 0 saturated carbocycles. The molecule has 3 aromatic rings. The third kappa shape index (κ3) is 6.23. The molecule has 0 fully saturated rings. The Labute approximate surface area is 183 Å². The van der Waals surface area contributed by atoms with E-state index >= 15 is 0 Å². The van der Waals surface area contributed by atoms with Crippen LogP contribution < -0.4 is 15.4 Å². The summed E-state index contributed by atoms with van der Waals surface area (Å²) in [7, 11) is 3.44. The van der Waals surface area contributed by atoms with Gasteiger partial charge in [-0.05, 0) is 41.5 Å². The fourth-order valence-electron chi connectivity index (χ4n) is 2.71. The van der Waals surface area contributed by atoms with Gasteiger partial charge in [0.25, 0.3) is 0 Å². The van der Waals surface area contributed by atoms with Crippen molar-refractivity contribution in [3.8, 4) is 17.0 Å². The lowest BCUT2D eigenvalue weighted by molar-refractivity contribution is 0.414. The average Bonchev–Trinajstić information content (AvgIpc) is 2.75. The van der Waals surface area contributed by atoms with E-state index in [1.54, 1.807) is 14.2 Å². The second kappa shape index (κ2) is 11.3. The van der Waals surface area contributed by atoms with Gasteiger partial charge in [-0.25, -0.2) is 0 Å². The minimum Gasteiger partial charge on any atom is -0.497 e. The van der Waals surface area contributed by atoms with Gasteiger partial charge in [-0.1, -0.05) is 36.4 Å². The van der Waals surface area contributed by atoms with E-state index in [1.165, 1.54) is 5.56 Å². The number of hydrogen-bond acceptors (Lipinski definition) is 3. The van der Waals surface area contributed by atoms with Crippen LogP contribution in [0.1, 0.15) is 11.1 Å². The standard InChI is InChI=1S/C22H24N4O.HI/c1-23-22(25-15-17-9-11-20(27-2)12-10-17)26-16-18-6-5-7-19(14-18)21-8-3-4-13-24-21;/h3-14H,15-16H2,1-2H3,(H2,23,25,26);1H. The number of guanidine groups is 1. The molecule has 2 aromatic carbocycles. The van der Waals surface area contributed by atoms with Crippen molar-refractivity contribution in [1.82, 2.24) is 15.6 Å². The van der Waals surface area contributed by atoms with Crippen molar-refractivity contribution in [3.63, 3.8) is 0 Å². The second-order valence-electron chi connectivity index (χ2n) is 6.04. The minimum atomic E-state index is 0. The monoisotopic (exact) mass is 488 g/mol. The summed E-state index contributed by atoms with van der Waals surface area (Å²) in [5, 5.41) is 6.68. The molecular formula is C22H25IN4O. The molecule has 28 heavy (non-hydrogen) atoms. The first-order valence-electron chi connectivity index (χ1n) is 8.86. The fourth-order valence-corrected chi connectivity index (χ4v) is 2.71. The van der Waals surface area contributed by atoms with Gasteiger partial charge in [-0.3, -0.25) is 9.98 Å². The smallest absolute Gasteiger partial charge is 0.191 e. The van der Waals surface area contributed by atoms with Gasteiger partial charge in [-0.15, -0.1) is 24.0 Å². The lowest BCUT2D eigenvalue weighted by atomic mass is 10.1. The van der Waals surface area contributed by atoms with Gasteiger partial charge in [-0.2, -0.15) is 0 Å². The van der Waals surface area contributed by atoms with Crippen LogP contribution in [-0.2, 0) is 13.1 Å². The molecule has 0 aliphatic carbocycles. The van der Waals surface area contributed by atoms with Crippen LogP contribution in [0.15, 0.2) is 77.9 Å². The number of nitrogens with one attached hydrogen (secondary N) is 2.